The summed E-state index contributed by atoms with van der Waals surface area (Å²) < 4.78 is 5.28. The van der Waals surface area contributed by atoms with E-state index < -0.39 is 22.0 Å². The van der Waals surface area contributed by atoms with Crippen LogP contribution in [0.3, 0.4) is 0 Å². The van der Waals surface area contributed by atoms with Crippen molar-refractivity contribution in [2.24, 2.45) is 5.73 Å². The summed E-state index contributed by atoms with van der Waals surface area (Å²) in [4.78, 5) is 22.4. The Morgan fingerprint density at radius 1 is 1.30 bits per heavy atom. The Morgan fingerprint density at radius 3 is 2.25 bits per heavy atom. The number of rotatable bonds is 3. The number of ether oxygens (including phenoxy) is 1. The fourth-order valence-corrected chi connectivity index (χ4v) is 1.69. The van der Waals surface area contributed by atoms with E-state index in [-0.39, 0.29) is 5.69 Å². The van der Waals surface area contributed by atoms with Gasteiger partial charge in [-0.25, -0.2) is 4.79 Å². The third-order valence-corrected chi connectivity index (χ3v) is 2.82. The molecule has 0 unspecified atom stereocenters. The van der Waals surface area contributed by atoms with Crippen molar-refractivity contribution in [2.45, 2.75) is 45.8 Å². The molecule has 1 atom stereocenters. The molecule has 20 heavy (non-hydrogen) atoms. The maximum atomic E-state index is 12.1. The first kappa shape index (κ1) is 16.1. The van der Waals surface area contributed by atoms with Crippen LogP contribution in [0.2, 0.25) is 0 Å². The van der Waals surface area contributed by atoms with Gasteiger partial charge in [0.1, 0.15) is 11.1 Å². The number of carbonyl (C=O) groups excluding carboxylic acids is 1. The van der Waals surface area contributed by atoms with Gasteiger partial charge < -0.3 is 10.5 Å². The minimum Gasteiger partial charge on any atom is -0.458 e. The third-order valence-electron chi connectivity index (χ3n) is 2.82. The van der Waals surface area contributed by atoms with Crippen LogP contribution in [-0.2, 0) is 15.1 Å². The summed E-state index contributed by atoms with van der Waals surface area (Å²) in [7, 11) is 0. The molecule has 0 spiro atoms. The molecule has 0 fully saturated rings. The van der Waals surface area contributed by atoms with E-state index in [4.69, 9.17) is 10.5 Å². The van der Waals surface area contributed by atoms with Crippen molar-refractivity contribution in [1.29, 1.82) is 0 Å². The van der Waals surface area contributed by atoms with Gasteiger partial charge in [-0.1, -0.05) is 0 Å². The Balaban J connectivity index is 3.13. The quantitative estimate of drug-likeness (QED) is 0.521. The first-order chi connectivity index (χ1) is 8.95. The zero-order valence-electron chi connectivity index (χ0n) is 12.4. The van der Waals surface area contributed by atoms with Crippen molar-refractivity contribution in [3.05, 3.63) is 39.4 Å². The highest BCUT2D eigenvalue weighted by molar-refractivity contribution is 5.82. The highest BCUT2D eigenvalue weighted by Crippen LogP contribution is 2.27. The van der Waals surface area contributed by atoms with Gasteiger partial charge in [0.2, 0.25) is 0 Å². The van der Waals surface area contributed by atoms with Gasteiger partial charge in [0.05, 0.1) is 4.92 Å². The number of carbonyl (C=O) groups is 1. The normalized spacial score (nSPS) is 14.5. The number of nitrogens with two attached hydrogens (primary N) is 1. The van der Waals surface area contributed by atoms with Gasteiger partial charge in [-0.3, -0.25) is 10.1 Å². The van der Waals surface area contributed by atoms with E-state index in [1.54, 1.807) is 33.8 Å². The molecule has 0 radical (unpaired) electrons. The average Bonchev–Trinajstić information content (AvgIpc) is 2.25. The van der Waals surface area contributed by atoms with E-state index >= 15 is 0 Å². The Kier molecular flexibility index (Phi) is 4.19. The van der Waals surface area contributed by atoms with Crippen LogP contribution in [0.1, 0.15) is 38.8 Å². The zero-order chi connectivity index (χ0) is 15.7. The van der Waals surface area contributed by atoms with E-state index in [0.29, 0.717) is 11.1 Å². The van der Waals surface area contributed by atoms with E-state index in [2.05, 4.69) is 0 Å². The molecule has 0 saturated heterocycles. The maximum Gasteiger partial charge on any atom is 0.331 e. The minimum absolute atomic E-state index is 0.00580. The lowest BCUT2D eigenvalue weighted by Crippen LogP contribution is -2.46. The fraction of sp³-hybridized carbons (Fsp3) is 0.500. The summed E-state index contributed by atoms with van der Waals surface area (Å²) in [6, 6.07) is 4.37. The standard InChI is InChI=1S/C14H20N2O4/c1-9-8-10(6-7-11(9)16(18)19)14(5,15)12(17)20-13(2,3)4/h6-8H,15H2,1-5H3/t14-/m1/s1. The number of nitro groups is 1. The second-order valence-electron chi connectivity index (χ2n) is 5.96. The van der Waals surface area contributed by atoms with Gasteiger partial charge in [0.25, 0.3) is 5.69 Å². The Bertz CT molecular complexity index is 545. The van der Waals surface area contributed by atoms with Crippen LogP contribution >= 0.6 is 0 Å². The van der Waals surface area contributed by atoms with E-state index in [9.17, 15) is 14.9 Å². The number of nitro benzene ring substituents is 1. The summed E-state index contributed by atoms with van der Waals surface area (Å²) in [6.07, 6.45) is 0. The summed E-state index contributed by atoms with van der Waals surface area (Å²) in [5.74, 6) is -0.571. The lowest BCUT2D eigenvalue weighted by Gasteiger charge is -2.28. The van der Waals surface area contributed by atoms with Crippen LogP contribution in [0, 0.1) is 17.0 Å². The molecule has 0 amide bonds. The Hall–Kier alpha value is -1.95. The van der Waals surface area contributed by atoms with Crippen LogP contribution in [0.4, 0.5) is 5.69 Å². The third kappa shape index (κ3) is 3.54. The molecule has 6 nitrogen and oxygen atoms in total. The monoisotopic (exact) mass is 280 g/mol. The van der Waals surface area contributed by atoms with Gasteiger partial charge in [-0.05, 0) is 52.3 Å². The molecular formula is C14H20N2O4. The molecule has 0 bridgehead atoms. The number of nitrogens with zero attached hydrogens (tertiary/aromatic N) is 1. The second kappa shape index (κ2) is 5.20. The van der Waals surface area contributed by atoms with Crippen molar-refractivity contribution >= 4 is 11.7 Å². The van der Waals surface area contributed by atoms with Crippen molar-refractivity contribution in [3.63, 3.8) is 0 Å². The van der Waals surface area contributed by atoms with E-state index in [1.165, 1.54) is 19.1 Å². The SMILES string of the molecule is Cc1cc([C@@](C)(N)C(=O)OC(C)(C)C)ccc1[N+](=O)[O-]. The van der Waals surface area contributed by atoms with Crippen molar-refractivity contribution in [3.8, 4) is 0 Å². The van der Waals surface area contributed by atoms with Crippen molar-refractivity contribution in [1.82, 2.24) is 0 Å². The predicted octanol–water partition coefficient (Wildman–Crippen LogP) is 2.42. The molecule has 1 aromatic rings. The number of hydrogen-bond donors (Lipinski definition) is 1. The molecule has 0 aliphatic rings. The topological polar surface area (TPSA) is 95.5 Å². The zero-order valence-corrected chi connectivity index (χ0v) is 12.4. The van der Waals surface area contributed by atoms with Gasteiger partial charge in [-0.15, -0.1) is 0 Å². The molecule has 1 aromatic carbocycles. The largest absolute Gasteiger partial charge is 0.458 e. The average molecular weight is 280 g/mol. The summed E-state index contributed by atoms with van der Waals surface area (Å²) in [5.41, 5.74) is 4.97. The molecule has 110 valence electrons. The van der Waals surface area contributed by atoms with Crippen LogP contribution in [0.5, 0.6) is 0 Å². The molecule has 0 aliphatic carbocycles. The van der Waals surface area contributed by atoms with Gasteiger partial charge in [0, 0.05) is 11.6 Å². The van der Waals surface area contributed by atoms with E-state index in [0.717, 1.165) is 0 Å². The molecule has 0 aliphatic heterocycles. The molecule has 1 rings (SSSR count). The minimum atomic E-state index is -1.35. The Morgan fingerprint density at radius 2 is 1.85 bits per heavy atom. The molecular weight excluding hydrogens is 260 g/mol. The molecule has 0 heterocycles. The van der Waals surface area contributed by atoms with Crippen LogP contribution in [0.25, 0.3) is 0 Å². The number of esters is 1. The van der Waals surface area contributed by atoms with Gasteiger partial charge in [-0.2, -0.15) is 0 Å². The lowest BCUT2D eigenvalue weighted by atomic mass is 9.91. The molecule has 6 heteroatoms. The Labute approximate surface area is 118 Å². The van der Waals surface area contributed by atoms with Crippen molar-refractivity contribution in [2.75, 3.05) is 0 Å². The lowest BCUT2D eigenvalue weighted by molar-refractivity contribution is -0.385. The second-order valence-corrected chi connectivity index (χ2v) is 5.96. The predicted molar refractivity (Wildman–Crippen MR) is 75.2 cm³/mol. The van der Waals surface area contributed by atoms with Gasteiger partial charge >= 0.3 is 5.97 Å². The number of aryl methyl sites for hydroxylation is 1. The number of hydrogen-bond acceptors (Lipinski definition) is 5. The summed E-state index contributed by atoms with van der Waals surface area (Å²) in [5, 5.41) is 10.8. The molecule has 0 aromatic heterocycles. The summed E-state index contributed by atoms with van der Waals surface area (Å²) in [6.45, 7) is 8.39. The molecule has 2 N–H and O–H groups in total. The van der Waals surface area contributed by atoms with Crippen molar-refractivity contribution < 1.29 is 14.5 Å². The number of benzene rings is 1. The smallest absolute Gasteiger partial charge is 0.331 e. The van der Waals surface area contributed by atoms with Crippen LogP contribution in [0.15, 0.2) is 18.2 Å². The highest BCUT2D eigenvalue weighted by atomic mass is 16.6. The highest BCUT2D eigenvalue weighted by Gasteiger charge is 2.35. The first-order valence-electron chi connectivity index (χ1n) is 6.23. The van der Waals surface area contributed by atoms with Gasteiger partial charge in [0.15, 0.2) is 0 Å². The first-order valence-corrected chi connectivity index (χ1v) is 6.23. The molecule has 0 saturated carbocycles. The van der Waals surface area contributed by atoms with Crippen LogP contribution < -0.4 is 5.73 Å². The van der Waals surface area contributed by atoms with E-state index in [1.807, 2.05) is 0 Å². The summed E-state index contributed by atoms with van der Waals surface area (Å²) >= 11 is 0. The fourth-order valence-electron chi connectivity index (χ4n) is 1.69. The van der Waals surface area contributed by atoms with Crippen LogP contribution in [-0.4, -0.2) is 16.5 Å². The maximum absolute atomic E-state index is 12.1.